The molecule has 1 aromatic heterocycles. The zero-order valence-electron chi connectivity index (χ0n) is 12.6. The van der Waals surface area contributed by atoms with E-state index in [0.29, 0.717) is 35.5 Å². The van der Waals surface area contributed by atoms with Crippen LogP contribution in [0.5, 0.6) is 11.5 Å². The summed E-state index contributed by atoms with van der Waals surface area (Å²) in [5.74, 6) is 1.36. The molecule has 0 saturated carbocycles. The Morgan fingerprint density at radius 3 is 2.78 bits per heavy atom. The maximum Gasteiger partial charge on any atom is 0.325 e. The van der Waals surface area contributed by atoms with Crippen LogP contribution in [0, 0.1) is 0 Å². The molecule has 2 aromatic rings. The third kappa shape index (κ3) is 3.10. The van der Waals surface area contributed by atoms with E-state index >= 15 is 0 Å². The Hall–Kier alpha value is -2.28. The van der Waals surface area contributed by atoms with Crippen LogP contribution in [0.1, 0.15) is 23.4 Å². The highest BCUT2D eigenvalue weighted by Gasteiger charge is 2.17. The van der Waals surface area contributed by atoms with Gasteiger partial charge in [0.25, 0.3) is 0 Å². The monoisotopic (exact) mass is 331 g/mol. The van der Waals surface area contributed by atoms with E-state index in [1.165, 1.54) is 17.7 Å². The van der Waals surface area contributed by atoms with Crippen molar-refractivity contribution in [3.63, 3.8) is 0 Å². The third-order valence-corrected chi connectivity index (χ3v) is 4.94. The molecule has 2 aliphatic rings. The molecule has 2 heterocycles. The van der Waals surface area contributed by atoms with Crippen molar-refractivity contribution in [1.82, 2.24) is 4.98 Å². The molecule has 0 atom stereocenters. The maximum absolute atomic E-state index is 12.1. The van der Waals surface area contributed by atoms with E-state index < -0.39 is 0 Å². The fourth-order valence-electron chi connectivity index (χ4n) is 2.79. The average molecular weight is 331 g/mol. The molecule has 2 N–H and O–H groups in total. The molecular formula is C16H17N3O3S. The second-order valence-electron chi connectivity index (χ2n) is 5.53. The molecule has 1 aliphatic carbocycles. The average Bonchev–Trinajstić information content (AvgIpc) is 2.96. The zero-order valence-corrected chi connectivity index (χ0v) is 13.4. The van der Waals surface area contributed by atoms with Crippen molar-refractivity contribution in [3.8, 4) is 11.5 Å². The summed E-state index contributed by atoms with van der Waals surface area (Å²) < 4.78 is 11.0. The summed E-state index contributed by atoms with van der Waals surface area (Å²) in [6.07, 6.45) is 4.47. The quantitative estimate of drug-likeness (QED) is 0.884. The van der Waals surface area contributed by atoms with Crippen molar-refractivity contribution in [2.45, 2.75) is 25.7 Å². The van der Waals surface area contributed by atoms with E-state index in [1.54, 1.807) is 29.5 Å². The molecule has 4 rings (SSSR count). The molecule has 23 heavy (non-hydrogen) atoms. The molecular weight excluding hydrogens is 314 g/mol. The first-order valence-electron chi connectivity index (χ1n) is 7.74. The largest absolute Gasteiger partial charge is 0.486 e. The van der Waals surface area contributed by atoms with Crippen LogP contribution in [0.3, 0.4) is 0 Å². The zero-order chi connectivity index (χ0) is 15.6. The van der Waals surface area contributed by atoms with E-state index in [-0.39, 0.29) is 6.03 Å². The van der Waals surface area contributed by atoms with Gasteiger partial charge in [-0.2, -0.15) is 0 Å². The number of nitrogens with zero attached hydrogens (tertiary/aromatic N) is 1. The molecule has 0 spiro atoms. The van der Waals surface area contributed by atoms with Gasteiger partial charge in [0.05, 0.1) is 5.69 Å². The van der Waals surface area contributed by atoms with Crippen molar-refractivity contribution >= 4 is 28.2 Å². The summed E-state index contributed by atoms with van der Waals surface area (Å²) in [4.78, 5) is 17.9. The predicted molar refractivity (Wildman–Crippen MR) is 88.8 cm³/mol. The molecule has 1 aliphatic heterocycles. The topological polar surface area (TPSA) is 72.5 Å². The molecule has 6 nitrogen and oxygen atoms in total. The van der Waals surface area contributed by atoms with Crippen molar-refractivity contribution < 1.29 is 14.3 Å². The van der Waals surface area contributed by atoms with Gasteiger partial charge in [0.1, 0.15) is 13.2 Å². The van der Waals surface area contributed by atoms with Crippen LogP contribution in [0.25, 0.3) is 0 Å². The summed E-state index contributed by atoms with van der Waals surface area (Å²) in [7, 11) is 0. The number of rotatable bonds is 2. The number of aryl methyl sites for hydroxylation is 2. The van der Waals surface area contributed by atoms with Gasteiger partial charge >= 0.3 is 6.03 Å². The molecule has 0 fully saturated rings. The second-order valence-corrected chi connectivity index (χ2v) is 6.62. The summed E-state index contributed by atoms with van der Waals surface area (Å²) in [6, 6.07) is 5.06. The van der Waals surface area contributed by atoms with Crippen molar-refractivity contribution in [1.29, 1.82) is 0 Å². The number of fused-ring (bicyclic) bond motifs is 2. The van der Waals surface area contributed by atoms with Crippen molar-refractivity contribution in [3.05, 3.63) is 28.8 Å². The maximum atomic E-state index is 12.1. The molecule has 7 heteroatoms. The first-order valence-corrected chi connectivity index (χ1v) is 8.56. The Morgan fingerprint density at radius 1 is 1.09 bits per heavy atom. The van der Waals surface area contributed by atoms with Gasteiger partial charge in [-0.1, -0.05) is 0 Å². The number of thiazole rings is 1. The van der Waals surface area contributed by atoms with Gasteiger partial charge < -0.3 is 14.8 Å². The number of carbonyl (C=O) groups excluding carboxylic acids is 1. The van der Waals surface area contributed by atoms with Crippen LogP contribution in [0.15, 0.2) is 18.2 Å². The van der Waals surface area contributed by atoms with E-state index in [9.17, 15) is 4.79 Å². The summed E-state index contributed by atoms with van der Waals surface area (Å²) in [6.45, 7) is 1.07. The fourth-order valence-corrected chi connectivity index (χ4v) is 3.83. The summed E-state index contributed by atoms with van der Waals surface area (Å²) in [5.41, 5.74) is 1.80. The highest BCUT2D eigenvalue weighted by molar-refractivity contribution is 7.15. The summed E-state index contributed by atoms with van der Waals surface area (Å²) >= 11 is 1.57. The van der Waals surface area contributed by atoms with Crippen LogP contribution < -0.4 is 20.1 Å². The lowest BCUT2D eigenvalue weighted by Gasteiger charge is -2.18. The molecule has 120 valence electrons. The Bertz CT molecular complexity index is 721. The Morgan fingerprint density at radius 2 is 1.91 bits per heavy atom. The van der Waals surface area contributed by atoms with Gasteiger partial charge in [-0.05, 0) is 37.8 Å². The van der Waals surface area contributed by atoms with Crippen LogP contribution in [-0.4, -0.2) is 24.2 Å². The van der Waals surface area contributed by atoms with Gasteiger partial charge in [-0.25, -0.2) is 9.78 Å². The number of urea groups is 1. The standard InChI is InChI=1S/C16H17N3O3S/c20-15(19-16-18-11-3-1-2-4-14(11)23-16)17-10-5-6-12-13(9-10)22-8-7-21-12/h5-6,9H,1-4,7-8H2,(H2,17,18,19,20). The first-order chi connectivity index (χ1) is 11.3. The van der Waals surface area contributed by atoms with E-state index in [0.717, 1.165) is 18.5 Å². The van der Waals surface area contributed by atoms with Crippen molar-refractivity contribution in [2.75, 3.05) is 23.8 Å². The molecule has 1 aromatic carbocycles. The number of amides is 2. The fraction of sp³-hybridized carbons (Fsp3) is 0.375. The van der Waals surface area contributed by atoms with Crippen LogP contribution in [0.4, 0.5) is 15.6 Å². The van der Waals surface area contributed by atoms with Gasteiger partial charge in [0.15, 0.2) is 16.6 Å². The Labute approximate surface area is 137 Å². The second kappa shape index (κ2) is 6.08. The lowest BCUT2D eigenvalue weighted by Crippen LogP contribution is -2.20. The van der Waals surface area contributed by atoms with E-state index in [2.05, 4.69) is 15.6 Å². The lowest BCUT2D eigenvalue weighted by atomic mass is 10.0. The van der Waals surface area contributed by atoms with Crippen LogP contribution >= 0.6 is 11.3 Å². The van der Waals surface area contributed by atoms with Crippen LogP contribution in [-0.2, 0) is 12.8 Å². The van der Waals surface area contributed by atoms with Gasteiger partial charge in [0.2, 0.25) is 0 Å². The number of aromatic nitrogens is 1. The SMILES string of the molecule is O=C(Nc1ccc2c(c1)OCCO2)Nc1nc2c(s1)CCCC2. The molecule has 0 unspecified atom stereocenters. The lowest BCUT2D eigenvalue weighted by molar-refractivity contribution is 0.171. The summed E-state index contributed by atoms with van der Waals surface area (Å²) in [5, 5.41) is 6.27. The number of hydrogen-bond acceptors (Lipinski definition) is 5. The highest BCUT2D eigenvalue weighted by atomic mass is 32.1. The minimum atomic E-state index is -0.298. The van der Waals surface area contributed by atoms with Crippen LogP contribution in [0.2, 0.25) is 0 Å². The smallest absolute Gasteiger partial charge is 0.325 e. The Kier molecular flexibility index (Phi) is 3.78. The molecule has 0 bridgehead atoms. The number of carbonyl (C=O) groups is 1. The molecule has 2 amide bonds. The predicted octanol–water partition coefficient (Wildman–Crippen LogP) is 3.44. The molecule has 0 saturated heterocycles. The van der Waals surface area contributed by atoms with Gasteiger partial charge in [-0.3, -0.25) is 5.32 Å². The Balaban J connectivity index is 1.42. The third-order valence-electron chi connectivity index (χ3n) is 3.87. The highest BCUT2D eigenvalue weighted by Crippen LogP contribution is 2.33. The normalized spacial score (nSPS) is 15.7. The number of benzene rings is 1. The minimum absolute atomic E-state index is 0.298. The number of anilines is 2. The van der Waals surface area contributed by atoms with Gasteiger partial charge in [0, 0.05) is 16.6 Å². The molecule has 0 radical (unpaired) electrons. The number of hydrogen-bond donors (Lipinski definition) is 2. The minimum Gasteiger partial charge on any atom is -0.486 e. The van der Waals surface area contributed by atoms with Crippen molar-refractivity contribution in [2.24, 2.45) is 0 Å². The van der Waals surface area contributed by atoms with E-state index in [1.807, 2.05) is 0 Å². The first kappa shape index (κ1) is 14.3. The van der Waals surface area contributed by atoms with Gasteiger partial charge in [-0.15, -0.1) is 11.3 Å². The number of ether oxygens (including phenoxy) is 2. The number of nitrogens with one attached hydrogen (secondary N) is 2. The van der Waals surface area contributed by atoms with E-state index in [4.69, 9.17) is 9.47 Å².